The summed E-state index contributed by atoms with van der Waals surface area (Å²) in [7, 11) is 0. The molecule has 3 aromatic heterocycles. The van der Waals surface area contributed by atoms with Gasteiger partial charge in [-0.25, -0.2) is 0 Å². The van der Waals surface area contributed by atoms with Gasteiger partial charge in [-0.2, -0.15) is 5.10 Å². The van der Waals surface area contributed by atoms with Gasteiger partial charge in [-0.3, -0.25) is 9.67 Å². The molecule has 1 atom stereocenters. The van der Waals surface area contributed by atoms with Crippen molar-refractivity contribution < 1.29 is 0 Å². The first-order valence-electron chi connectivity index (χ1n) is 6.39. The van der Waals surface area contributed by atoms with E-state index in [4.69, 9.17) is 17.3 Å². The van der Waals surface area contributed by atoms with E-state index in [2.05, 4.69) is 30.0 Å². The first-order chi connectivity index (χ1) is 9.58. The maximum atomic E-state index is 6.38. The molecule has 6 heteroatoms. The van der Waals surface area contributed by atoms with Crippen LogP contribution in [0.25, 0.3) is 10.2 Å². The topological polar surface area (TPSA) is 56.7 Å². The molecule has 0 radical (unpaired) electrons. The summed E-state index contributed by atoms with van der Waals surface area (Å²) in [6.07, 6.45) is 3.46. The molecule has 4 nitrogen and oxygen atoms in total. The lowest BCUT2D eigenvalue weighted by molar-refractivity contribution is 0.499. The van der Waals surface area contributed by atoms with E-state index >= 15 is 0 Å². The van der Waals surface area contributed by atoms with Crippen LogP contribution in [0.1, 0.15) is 37.2 Å². The Hall–Kier alpha value is -1.43. The zero-order valence-electron chi connectivity index (χ0n) is 11.2. The van der Waals surface area contributed by atoms with Crippen molar-refractivity contribution in [2.45, 2.75) is 25.9 Å². The summed E-state index contributed by atoms with van der Waals surface area (Å²) in [5.74, 6) is 0. The number of pyridine rings is 1. The molecular formula is C14H15ClN4S. The molecule has 2 N–H and O–H groups in total. The maximum Gasteiger partial charge on any atom is 0.0837 e. The predicted octanol–water partition coefficient (Wildman–Crippen LogP) is 3.78. The van der Waals surface area contributed by atoms with Gasteiger partial charge in [-0.15, -0.1) is 11.3 Å². The maximum absolute atomic E-state index is 6.38. The van der Waals surface area contributed by atoms with Gasteiger partial charge in [-0.05, 0) is 36.9 Å². The SMILES string of the molecule is CC(C)n1ncc(Cl)c1C(N)c1cnc2ccsc2c1. The first-order valence-corrected chi connectivity index (χ1v) is 7.65. The van der Waals surface area contributed by atoms with Gasteiger partial charge in [0, 0.05) is 12.2 Å². The smallest absolute Gasteiger partial charge is 0.0837 e. The van der Waals surface area contributed by atoms with Crippen LogP contribution >= 0.6 is 22.9 Å². The second-order valence-electron chi connectivity index (χ2n) is 4.97. The van der Waals surface area contributed by atoms with Crippen LogP contribution in [0.4, 0.5) is 0 Å². The Balaban J connectivity index is 2.07. The predicted molar refractivity (Wildman–Crippen MR) is 83.3 cm³/mol. The molecule has 0 aliphatic rings. The largest absolute Gasteiger partial charge is 0.319 e. The van der Waals surface area contributed by atoms with E-state index < -0.39 is 0 Å². The number of hydrogen-bond acceptors (Lipinski definition) is 4. The molecule has 0 fully saturated rings. The van der Waals surface area contributed by atoms with Crippen molar-refractivity contribution in [3.05, 3.63) is 46.2 Å². The molecule has 0 saturated carbocycles. The van der Waals surface area contributed by atoms with Crippen LogP contribution in [0.3, 0.4) is 0 Å². The number of thiophene rings is 1. The van der Waals surface area contributed by atoms with E-state index in [1.54, 1.807) is 17.5 Å². The third kappa shape index (κ3) is 2.22. The van der Waals surface area contributed by atoms with Crippen LogP contribution in [0.15, 0.2) is 29.9 Å². The number of nitrogens with two attached hydrogens (primary N) is 1. The van der Waals surface area contributed by atoms with Gasteiger partial charge in [-0.1, -0.05) is 11.6 Å². The summed E-state index contributed by atoms with van der Waals surface area (Å²) >= 11 is 7.91. The third-order valence-electron chi connectivity index (χ3n) is 3.25. The molecule has 0 bridgehead atoms. The third-order valence-corrected chi connectivity index (χ3v) is 4.40. The summed E-state index contributed by atoms with van der Waals surface area (Å²) < 4.78 is 3.00. The molecule has 0 aliphatic heterocycles. The first kappa shape index (κ1) is 13.5. The molecule has 104 valence electrons. The Bertz CT molecular complexity index is 747. The number of aromatic nitrogens is 3. The van der Waals surface area contributed by atoms with Crippen molar-refractivity contribution in [2.24, 2.45) is 5.73 Å². The van der Waals surface area contributed by atoms with Gasteiger partial charge < -0.3 is 5.73 Å². The van der Waals surface area contributed by atoms with Crippen LogP contribution in [-0.2, 0) is 0 Å². The Kier molecular flexibility index (Phi) is 3.50. The molecule has 3 rings (SSSR count). The van der Waals surface area contributed by atoms with Gasteiger partial charge in [0.1, 0.15) is 0 Å². The summed E-state index contributed by atoms with van der Waals surface area (Å²) in [4.78, 5) is 4.43. The monoisotopic (exact) mass is 306 g/mol. The average Bonchev–Trinajstić information content (AvgIpc) is 3.03. The molecule has 0 spiro atoms. The minimum Gasteiger partial charge on any atom is -0.319 e. The Labute approximate surface area is 126 Å². The highest BCUT2D eigenvalue weighted by molar-refractivity contribution is 7.17. The molecule has 1 unspecified atom stereocenters. The van der Waals surface area contributed by atoms with Gasteiger partial charge in [0.05, 0.1) is 33.2 Å². The van der Waals surface area contributed by atoms with Crippen molar-refractivity contribution in [1.29, 1.82) is 0 Å². The van der Waals surface area contributed by atoms with Crippen LogP contribution in [0, 0.1) is 0 Å². The Morgan fingerprint density at radius 3 is 2.90 bits per heavy atom. The second kappa shape index (κ2) is 5.16. The number of nitrogens with zero attached hydrogens (tertiary/aromatic N) is 3. The highest BCUT2D eigenvalue weighted by Gasteiger charge is 2.20. The fourth-order valence-electron chi connectivity index (χ4n) is 2.24. The second-order valence-corrected chi connectivity index (χ2v) is 6.32. The number of rotatable bonds is 3. The summed E-state index contributed by atoms with van der Waals surface area (Å²) in [6, 6.07) is 3.96. The minimum atomic E-state index is -0.327. The number of fused-ring (bicyclic) bond motifs is 1. The lowest BCUT2D eigenvalue weighted by atomic mass is 10.1. The van der Waals surface area contributed by atoms with Gasteiger partial charge in [0.2, 0.25) is 0 Å². The standard InChI is InChI=1S/C14H15ClN4S/c1-8(2)19-14(10(15)7-18-19)13(16)9-5-12-11(17-6-9)3-4-20-12/h3-8,13H,16H2,1-2H3. The van der Waals surface area contributed by atoms with Crippen LogP contribution < -0.4 is 5.73 Å². The summed E-state index contributed by atoms with van der Waals surface area (Å²) in [5, 5.41) is 6.92. The lowest BCUT2D eigenvalue weighted by Crippen LogP contribution is -2.19. The van der Waals surface area contributed by atoms with Crippen LogP contribution in [0.5, 0.6) is 0 Å². The molecule has 3 heterocycles. The Morgan fingerprint density at radius 2 is 2.15 bits per heavy atom. The average molecular weight is 307 g/mol. The van der Waals surface area contributed by atoms with E-state index in [1.807, 2.05) is 22.3 Å². The Morgan fingerprint density at radius 1 is 1.35 bits per heavy atom. The van der Waals surface area contributed by atoms with Crippen molar-refractivity contribution in [3.8, 4) is 0 Å². The van der Waals surface area contributed by atoms with Crippen LogP contribution in [-0.4, -0.2) is 14.8 Å². The molecule has 0 saturated heterocycles. The molecule has 0 aliphatic carbocycles. The summed E-state index contributed by atoms with van der Waals surface area (Å²) in [6.45, 7) is 4.11. The van der Waals surface area contributed by atoms with Crippen molar-refractivity contribution >= 4 is 33.2 Å². The van der Waals surface area contributed by atoms with E-state index in [1.165, 1.54) is 0 Å². The zero-order chi connectivity index (χ0) is 14.3. The van der Waals surface area contributed by atoms with E-state index in [0.717, 1.165) is 21.5 Å². The normalized spacial score (nSPS) is 13.2. The fourth-order valence-corrected chi connectivity index (χ4v) is 3.28. The zero-order valence-corrected chi connectivity index (χ0v) is 12.8. The van der Waals surface area contributed by atoms with Crippen LogP contribution in [0.2, 0.25) is 5.02 Å². The quantitative estimate of drug-likeness (QED) is 0.801. The van der Waals surface area contributed by atoms with Gasteiger partial charge >= 0.3 is 0 Å². The van der Waals surface area contributed by atoms with Crippen molar-refractivity contribution in [1.82, 2.24) is 14.8 Å². The molecule has 3 aromatic rings. The summed E-state index contributed by atoms with van der Waals surface area (Å²) in [5.41, 5.74) is 9.16. The van der Waals surface area contributed by atoms with E-state index in [9.17, 15) is 0 Å². The lowest BCUT2D eigenvalue weighted by Gasteiger charge is -2.17. The molecule has 20 heavy (non-hydrogen) atoms. The molecule has 0 aromatic carbocycles. The minimum absolute atomic E-state index is 0.210. The molecular weight excluding hydrogens is 292 g/mol. The van der Waals surface area contributed by atoms with E-state index in [-0.39, 0.29) is 12.1 Å². The number of halogens is 1. The van der Waals surface area contributed by atoms with Crippen molar-refractivity contribution in [3.63, 3.8) is 0 Å². The van der Waals surface area contributed by atoms with Gasteiger partial charge in [0.25, 0.3) is 0 Å². The number of hydrogen-bond donors (Lipinski definition) is 1. The fraction of sp³-hybridized carbons (Fsp3) is 0.286. The van der Waals surface area contributed by atoms with E-state index in [0.29, 0.717) is 5.02 Å². The van der Waals surface area contributed by atoms with Gasteiger partial charge in [0.15, 0.2) is 0 Å². The van der Waals surface area contributed by atoms with Crippen molar-refractivity contribution in [2.75, 3.05) is 0 Å². The molecule has 0 amide bonds. The highest BCUT2D eigenvalue weighted by Crippen LogP contribution is 2.30. The highest BCUT2D eigenvalue weighted by atomic mass is 35.5.